The Hall–Kier alpha value is -3.15. The second-order valence-corrected chi connectivity index (χ2v) is 6.94. The van der Waals surface area contributed by atoms with E-state index < -0.39 is 17.9 Å². The summed E-state index contributed by atoms with van der Waals surface area (Å²) in [7, 11) is 0. The zero-order valence-electron chi connectivity index (χ0n) is 15.1. The molecular weight excluding hydrogens is 344 g/mol. The summed E-state index contributed by atoms with van der Waals surface area (Å²) in [5.41, 5.74) is 3.41. The van der Waals surface area contributed by atoms with E-state index in [1.807, 2.05) is 31.2 Å². The van der Waals surface area contributed by atoms with E-state index >= 15 is 0 Å². The molecule has 0 saturated carbocycles. The summed E-state index contributed by atoms with van der Waals surface area (Å²) in [6.45, 7) is 3.16. The van der Waals surface area contributed by atoms with Gasteiger partial charge in [0.05, 0.1) is 11.1 Å². The lowest BCUT2D eigenvalue weighted by Crippen LogP contribution is -2.42. The first-order valence-corrected chi connectivity index (χ1v) is 9.11. The topological polar surface area (TPSA) is 66.9 Å². The molecule has 2 aliphatic rings. The highest BCUT2D eigenvalue weighted by Crippen LogP contribution is 2.29. The Labute approximate surface area is 157 Å². The van der Waals surface area contributed by atoms with Gasteiger partial charge in [0.15, 0.2) is 0 Å². The number of carbonyl (C=O) groups is 3. The number of hydroxylamine groups is 2. The summed E-state index contributed by atoms with van der Waals surface area (Å²) in [6.07, 6.45) is 2.22. The summed E-state index contributed by atoms with van der Waals surface area (Å²) in [5, 5.41) is 0.585. The maximum absolute atomic E-state index is 12.7. The van der Waals surface area contributed by atoms with E-state index in [1.54, 1.807) is 18.2 Å². The van der Waals surface area contributed by atoms with E-state index in [-0.39, 0.29) is 11.1 Å². The fourth-order valence-electron chi connectivity index (χ4n) is 3.52. The molecule has 3 amide bonds. The van der Waals surface area contributed by atoms with Crippen molar-refractivity contribution in [1.29, 1.82) is 0 Å². The van der Waals surface area contributed by atoms with Crippen molar-refractivity contribution in [3.05, 3.63) is 59.2 Å². The quantitative estimate of drug-likeness (QED) is 0.760. The van der Waals surface area contributed by atoms with Gasteiger partial charge in [0.2, 0.25) is 0 Å². The summed E-state index contributed by atoms with van der Waals surface area (Å²) in [5.74, 6) is -1.20. The Bertz CT molecular complexity index is 932. The number of hydrogen-bond donors (Lipinski definition) is 0. The molecule has 0 bridgehead atoms. The minimum atomic E-state index is -0.650. The van der Waals surface area contributed by atoms with Gasteiger partial charge in [0, 0.05) is 13.1 Å². The van der Waals surface area contributed by atoms with E-state index in [1.165, 1.54) is 4.90 Å². The summed E-state index contributed by atoms with van der Waals surface area (Å²) >= 11 is 0. The SMILES string of the molecule is Cc1cccc(-c2ccc3c(c2)C(=O)N(OC(=O)N2CCCCC2)C3=O)c1. The van der Waals surface area contributed by atoms with Gasteiger partial charge in [0.25, 0.3) is 11.8 Å². The van der Waals surface area contributed by atoms with Gasteiger partial charge in [-0.15, -0.1) is 0 Å². The van der Waals surface area contributed by atoms with Crippen LogP contribution in [0.1, 0.15) is 45.5 Å². The zero-order chi connectivity index (χ0) is 19.0. The normalized spacial score (nSPS) is 16.5. The first-order valence-electron chi connectivity index (χ1n) is 9.11. The van der Waals surface area contributed by atoms with Crippen molar-refractivity contribution >= 4 is 17.9 Å². The fraction of sp³-hybridized carbons (Fsp3) is 0.286. The Morgan fingerprint density at radius 2 is 1.59 bits per heavy atom. The lowest BCUT2D eigenvalue weighted by atomic mass is 9.99. The Kier molecular flexibility index (Phi) is 4.39. The molecule has 0 N–H and O–H groups in total. The van der Waals surface area contributed by atoms with Crippen LogP contribution in [0.2, 0.25) is 0 Å². The molecule has 1 saturated heterocycles. The molecule has 0 radical (unpaired) electrons. The van der Waals surface area contributed by atoms with E-state index in [0.717, 1.165) is 36.0 Å². The van der Waals surface area contributed by atoms with Gasteiger partial charge in [-0.2, -0.15) is 0 Å². The molecule has 0 aliphatic carbocycles. The molecule has 27 heavy (non-hydrogen) atoms. The number of piperidine rings is 1. The van der Waals surface area contributed by atoms with E-state index in [4.69, 9.17) is 4.84 Å². The standard InChI is InChI=1S/C21H20N2O4/c1-14-6-5-7-15(12-14)16-8-9-17-18(13-16)20(25)23(19(17)24)27-21(26)22-10-3-2-4-11-22/h5-9,12-13H,2-4,10-11H2,1H3. The summed E-state index contributed by atoms with van der Waals surface area (Å²) in [4.78, 5) is 44.2. The van der Waals surface area contributed by atoms with Gasteiger partial charge < -0.3 is 9.74 Å². The minimum Gasteiger partial charge on any atom is -0.310 e. The van der Waals surface area contributed by atoms with Crippen LogP contribution in [0.4, 0.5) is 4.79 Å². The third kappa shape index (κ3) is 3.18. The molecule has 2 aliphatic heterocycles. The second-order valence-electron chi connectivity index (χ2n) is 6.94. The molecule has 0 atom stereocenters. The molecule has 1 fully saturated rings. The predicted octanol–water partition coefficient (Wildman–Crippen LogP) is 3.80. The monoisotopic (exact) mass is 364 g/mol. The molecule has 2 aromatic rings. The lowest BCUT2D eigenvalue weighted by molar-refractivity contribution is -0.0584. The molecule has 2 aromatic carbocycles. The Morgan fingerprint density at radius 1 is 0.889 bits per heavy atom. The highest BCUT2D eigenvalue weighted by atomic mass is 16.7. The van der Waals surface area contributed by atoms with Gasteiger partial charge >= 0.3 is 6.09 Å². The van der Waals surface area contributed by atoms with Crippen molar-refractivity contribution < 1.29 is 19.2 Å². The second kappa shape index (κ2) is 6.87. The largest absolute Gasteiger partial charge is 0.434 e. The third-order valence-corrected chi connectivity index (χ3v) is 4.98. The number of hydrogen-bond acceptors (Lipinski definition) is 4. The molecule has 6 heteroatoms. The summed E-state index contributed by atoms with van der Waals surface area (Å²) < 4.78 is 0. The fourth-order valence-corrected chi connectivity index (χ4v) is 3.52. The molecule has 6 nitrogen and oxygen atoms in total. The van der Waals surface area contributed by atoms with Gasteiger partial charge in [-0.25, -0.2) is 4.79 Å². The van der Waals surface area contributed by atoms with Gasteiger partial charge in [-0.05, 0) is 49.4 Å². The minimum absolute atomic E-state index is 0.253. The van der Waals surface area contributed by atoms with Crippen molar-refractivity contribution in [3.63, 3.8) is 0 Å². The molecule has 2 heterocycles. The van der Waals surface area contributed by atoms with Crippen molar-refractivity contribution in [2.24, 2.45) is 0 Å². The molecular formula is C21H20N2O4. The average molecular weight is 364 g/mol. The van der Waals surface area contributed by atoms with Crippen LogP contribution in [0.15, 0.2) is 42.5 Å². The summed E-state index contributed by atoms with van der Waals surface area (Å²) in [6, 6.07) is 13.0. The van der Waals surface area contributed by atoms with Crippen LogP contribution in [-0.4, -0.2) is 41.0 Å². The van der Waals surface area contributed by atoms with Gasteiger partial charge in [-0.1, -0.05) is 41.0 Å². The Morgan fingerprint density at radius 3 is 2.33 bits per heavy atom. The van der Waals surface area contributed by atoms with E-state index in [0.29, 0.717) is 18.2 Å². The number of rotatable bonds is 2. The number of carbonyl (C=O) groups excluding carboxylic acids is 3. The predicted molar refractivity (Wildman–Crippen MR) is 99.0 cm³/mol. The van der Waals surface area contributed by atoms with Crippen molar-refractivity contribution in [2.45, 2.75) is 26.2 Å². The van der Waals surface area contributed by atoms with Gasteiger partial charge in [0.1, 0.15) is 0 Å². The lowest BCUT2D eigenvalue weighted by Gasteiger charge is -2.26. The van der Waals surface area contributed by atoms with E-state index in [2.05, 4.69) is 0 Å². The van der Waals surface area contributed by atoms with Crippen LogP contribution in [0.3, 0.4) is 0 Å². The number of aryl methyl sites for hydroxylation is 1. The van der Waals surface area contributed by atoms with Crippen LogP contribution in [0.5, 0.6) is 0 Å². The first kappa shape index (κ1) is 17.3. The van der Waals surface area contributed by atoms with Gasteiger partial charge in [-0.3, -0.25) is 9.59 Å². The number of benzene rings is 2. The molecule has 138 valence electrons. The van der Waals surface area contributed by atoms with Crippen molar-refractivity contribution in [2.75, 3.05) is 13.1 Å². The highest BCUT2D eigenvalue weighted by molar-refractivity contribution is 6.21. The Balaban J connectivity index is 1.58. The number of nitrogens with zero attached hydrogens (tertiary/aromatic N) is 2. The molecule has 4 rings (SSSR count). The maximum atomic E-state index is 12.7. The molecule has 0 aromatic heterocycles. The molecule has 0 spiro atoms. The van der Waals surface area contributed by atoms with Crippen LogP contribution in [-0.2, 0) is 4.84 Å². The van der Waals surface area contributed by atoms with Crippen LogP contribution < -0.4 is 0 Å². The molecule has 0 unspecified atom stereocenters. The number of likely N-dealkylation sites (tertiary alicyclic amines) is 1. The van der Waals surface area contributed by atoms with Crippen molar-refractivity contribution in [1.82, 2.24) is 9.96 Å². The third-order valence-electron chi connectivity index (χ3n) is 4.98. The van der Waals surface area contributed by atoms with Crippen LogP contribution in [0, 0.1) is 6.92 Å². The zero-order valence-corrected chi connectivity index (χ0v) is 15.1. The van der Waals surface area contributed by atoms with E-state index in [9.17, 15) is 14.4 Å². The maximum Gasteiger partial charge on any atom is 0.434 e. The smallest absolute Gasteiger partial charge is 0.310 e. The van der Waals surface area contributed by atoms with Crippen molar-refractivity contribution in [3.8, 4) is 11.1 Å². The average Bonchev–Trinajstić information content (AvgIpc) is 2.93. The van der Waals surface area contributed by atoms with Crippen LogP contribution in [0.25, 0.3) is 11.1 Å². The number of amides is 3. The van der Waals surface area contributed by atoms with Crippen LogP contribution >= 0.6 is 0 Å². The number of imide groups is 1. The first-order chi connectivity index (χ1) is 13.0. The highest BCUT2D eigenvalue weighted by Gasteiger charge is 2.40. The number of fused-ring (bicyclic) bond motifs is 1.